The van der Waals surface area contributed by atoms with Gasteiger partial charge in [0.15, 0.2) is 0 Å². The molecular weight excluding hydrogens is 206 g/mol. The van der Waals surface area contributed by atoms with E-state index >= 15 is 0 Å². The summed E-state index contributed by atoms with van der Waals surface area (Å²) in [7, 11) is 0. The number of hydrogen-bond acceptors (Lipinski definition) is 2. The highest BCUT2D eigenvalue weighted by atomic mass is 16.4. The minimum atomic E-state index is -0.926. The Morgan fingerprint density at radius 2 is 2.06 bits per heavy atom. The molecule has 0 aromatic rings. The molecule has 2 atom stereocenters. The van der Waals surface area contributed by atoms with E-state index in [0.717, 1.165) is 6.42 Å². The molecule has 16 heavy (non-hydrogen) atoms. The summed E-state index contributed by atoms with van der Waals surface area (Å²) in [4.78, 5) is 12.4. The second kappa shape index (κ2) is 4.24. The molecule has 1 amide bonds. The zero-order valence-electron chi connectivity index (χ0n) is 10.7. The molecule has 0 radical (unpaired) electrons. The van der Waals surface area contributed by atoms with Crippen LogP contribution in [0.25, 0.3) is 0 Å². The van der Waals surface area contributed by atoms with Crippen molar-refractivity contribution < 1.29 is 15.0 Å². The molecule has 0 aliphatic carbocycles. The van der Waals surface area contributed by atoms with Crippen molar-refractivity contribution in [2.24, 2.45) is 5.92 Å². The molecule has 1 rings (SSSR count). The summed E-state index contributed by atoms with van der Waals surface area (Å²) in [5.74, 6) is 0.372. The Morgan fingerprint density at radius 3 is 2.44 bits per heavy atom. The molecule has 1 heterocycles. The first-order chi connectivity index (χ1) is 7.27. The Bertz CT molecular complexity index is 279. The van der Waals surface area contributed by atoms with Gasteiger partial charge in [0.05, 0.1) is 12.1 Å². The van der Waals surface area contributed by atoms with Crippen molar-refractivity contribution in [3.05, 3.63) is 0 Å². The van der Waals surface area contributed by atoms with E-state index in [1.165, 1.54) is 4.90 Å². The summed E-state index contributed by atoms with van der Waals surface area (Å²) in [6.07, 6.45) is 1.32. The number of likely N-dealkylation sites (tertiary alicyclic amines) is 1. The topological polar surface area (TPSA) is 60.8 Å². The molecule has 4 heteroatoms. The number of aliphatic hydroxyl groups is 1. The molecule has 1 aliphatic heterocycles. The number of amides is 1. The van der Waals surface area contributed by atoms with Gasteiger partial charge in [-0.1, -0.05) is 27.2 Å². The van der Waals surface area contributed by atoms with E-state index in [1.807, 2.05) is 27.7 Å². The third kappa shape index (κ3) is 1.90. The van der Waals surface area contributed by atoms with Crippen molar-refractivity contribution in [3.8, 4) is 0 Å². The molecule has 0 bridgehead atoms. The molecule has 0 aromatic carbocycles. The van der Waals surface area contributed by atoms with Crippen molar-refractivity contribution >= 4 is 6.09 Å². The average molecular weight is 229 g/mol. The predicted molar refractivity (Wildman–Crippen MR) is 62.4 cm³/mol. The van der Waals surface area contributed by atoms with Gasteiger partial charge in [0.1, 0.15) is 5.60 Å². The Balaban J connectivity index is 2.86. The summed E-state index contributed by atoms with van der Waals surface area (Å²) < 4.78 is 0. The number of β-amino-alcohol motifs (C(OH)–C–C–N with tert-alkyl or cyclic N) is 1. The van der Waals surface area contributed by atoms with Gasteiger partial charge in [0.2, 0.25) is 0 Å². The fraction of sp³-hybridized carbons (Fsp3) is 0.917. The SMILES string of the molecule is CCCC1(C)N(C(=O)O)CC1(O)CC(C)C. The van der Waals surface area contributed by atoms with E-state index in [-0.39, 0.29) is 6.54 Å². The zero-order chi connectivity index (χ0) is 12.6. The van der Waals surface area contributed by atoms with Crippen molar-refractivity contribution in [2.75, 3.05) is 6.54 Å². The molecule has 0 saturated carbocycles. The first kappa shape index (κ1) is 13.3. The fourth-order valence-electron chi connectivity index (χ4n) is 2.86. The first-order valence-electron chi connectivity index (χ1n) is 6.00. The highest BCUT2D eigenvalue weighted by molar-refractivity contribution is 5.68. The lowest BCUT2D eigenvalue weighted by Gasteiger charge is -2.62. The molecular formula is C12H23NO3. The van der Waals surface area contributed by atoms with E-state index in [4.69, 9.17) is 5.11 Å². The van der Waals surface area contributed by atoms with Gasteiger partial charge in [0, 0.05) is 0 Å². The Kier molecular flexibility index (Phi) is 3.53. The quantitative estimate of drug-likeness (QED) is 0.777. The number of rotatable bonds is 4. The number of carbonyl (C=O) groups is 1. The van der Waals surface area contributed by atoms with E-state index in [0.29, 0.717) is 18.8 Å². The lowest BCUT2D eigenvalue weighted by atomic mass is 9.65. The van der Waals surface area contributed by atoms with E-state index in [1.54, 1.807) is 0 Å². The van der Waals surface area contributed by atoms with Gasteiger partial charge in [-0.15, -0.1) is 0 Å². The van der Waals surface area contributed by atoms with Crippen LogP contribution in [0.2, 0.25) is 0 Å². The maximum atomic E-state index is 11.1. The molecule has 2 unspecified atom stereocenters. The number of nitrogens with zero attached hydrogens (tertiary/aromatic N) is 1. The van der Waals surface area contributed by atoms with Gasteiger partial charge in [-0.3, -0.25) is 4.90 Å². The smallest absolute Gasteiger partial charge is 0.407 e. The zero-order valence-corrected chi connectivity index (χ0v) is 10.7. The minimum absolute atomic E-state index is 0.247. The monoisotopic (exact) mass is 229 g/mol. The van der Waals surface area contributed by atoms with Gasteiger partial charge in [-0.25, -0.2) is 4.79 Å². The second-order valence-electron chi connectivity index (χ2n) is 5.52. The number of carboxylic acid groups (broad SMARTS) is 1. The molecule has 1 fully saturated rings. The lowest BCUT2D eigenvalue weighted by molar-refractivity contribution is -0.203. The molecule has 1 saturated heterocycles. The van der Waals surface area contributed by atoms with Crippen LogP contribution >= 0.6 is 0 Å². The molecule has 0 aromatic heterocycles. The standard InChI is InChI=1S/C12H23NO3/c1-5-6-11(4)12(16,7-9(2)3)8-13(11)10(14)15/h9,16H,5-8H2,1-4H3,(H,14,15). The van der Waals surface area contributed by atoms with E-state index in [2.05, 4.69) is 0 Å². The van der Waals surface area contributed by atoms with Crippen LogP contribution in [-0.2, 0) is 0 Å². The third-order valence-corrected chi connectivity index (χ3v) is 3.73. The summed E-state index contributed by atoms with van der Waals surface area (Å²) in [6, 6.07) is 0. The van der Waals surface area contributed by atoms with Crippen LogP contribution in [0, 0.1) is 5.92 Å². The van der Waals surface area contributed by atoms with Crippen LogP contribution < -0.4 is 0 Å². The van der Waals surface area contributed by atoms with Crippen LogP contribution in [0.3, 0.4) is 0 Å². The van der Waals surface area contributed by atoms with Crippen molar-refractivity contribution in [3.63, 3.8) is 0 Å². The number of hydrogen-bond donors (Lipinski definition) is 2. The van der Waals surface area contributed by atoms with E-state index in [9.17, 15) is 9.90 Å². The van der Waals surface area contributed by atoms with Crippen LogP contribution in [0.15, 0.2) is 0 Å². The first-order valence-corrected chi connectivity index (χ1v) is 6.00. The highest BCUT2D eigenvalue weighted by Gasteiger charge is 2.62. The van der Waals surface area contributed by atoms with Crippen molar-refractivity contribution in [1.82, 2.24) is 4.90 Å². The summed E-state index contributed by atoms with van der Waals surface area (Å²) >= 11 is 0. The van der Waals surface area contributed by atoms with Gasteiger partial charge in [-0.05, 0) is 25.7 Å². The summed E-state index contributed by atoms with van der Waals surface area (Å²) in [6.45, 7) is 8.22. The van der Waals surface area contributed by atoms with Crippen LogP contribution in [0.5, 0.6) is 0 Å². The Labute approximate surface area is 97.3 Å². The molecule has 0 spiro atoms. The van der Waals surface area contributed by atoms with Crippen LogP contribution in [0.4, 0.5) is 4.79 Å². The fourth-order valence-corrected chi connectivity index (χ4v) is 2.86. The Hall–Kier alpha value is -0.770. The minimum Gasteiger partial charge on any atom is -0.465 e. The predicted octanol–water partition coefficient (Wildman–Crippen LogP) is 2.32. The van der Waals surface area contributed by atoms with Gasteiger partial charge in [0.25, 0.3) is 0 Å². The van der Waals surface area contributed by atoms with Crippen molar-refractivity contribution in [2.45, 2.75) is 58.1 Å². The summed E-state index contributed by atoms with van der Waals surface area (Å²) in [5.41, 5.74) is -1.46. The third-order valence-electron chi connectivity index (χ3n) is 3.73. The van der Waals surface area contributed by atoms with Gasteiger partial charge >= 0.3 is 6.09 Å². The normalized spacial score (nSPS) is 34.0. The van der Waals surface area contributed by atoms with Crippen LogP contribution in [0.1, 0.15) is 47.0 Å². The van der Waals surface area contributed by atoms with Gasteiger partial charge in [-0.2, -0.15) is 0 Å². The van der Waals surface area contributed by atoms with E-state index < -0.39 is 17.2 Å². The lowest BCUT2D eigenvalue weighted by Crippen LogP contribution is -2.78. The highest BCUT2D eigenvalue weighted by Crippen LogP contribution is 2.46. The molecule has 4 nitrogen and oxygen atoms in total. The van der Waals surface area contributed by atoms with Crippen molar-refractivity contribution in [1.29, 1.82) is 0 Å². The summed E-state index contributed by atoms with van der Waals surface area (Å²) in [5, 5.41) is 19.6. The maximum Gasteiger partial charge on any atom is 0.407 e. The largest absolute Gasteiger partial charge is 0.465 e. The van der Waals surface area contributed by atoms with Crippen LogP contribution in [-0.4, -0.2) is 38.9 Å². The van der Waals surface area contributed by atoms with Gasteiger partial charge < -0.3 is 10.2 Å². The Morgan fingerprint density at radius 1 is 1.50 bits per heavy atom. The molecule has 1 aliphatic rings. The second-order valence-corrected chi connectivity index (χ2v) is 5.52. The molecule has 94 valence electrons. The average Bonchev–Trinajstić information content (AvgIpc) is 2.13. The maximum absolute atomic E-state index is 11.1. The molecule has 2 N–H and O–H groups in total.